The fourth-order valence-corrected chi connectivity index (χ4v) is 2.28. The van der Waals surface area contributed by atoms with Gasteiger partial charge in [-0.25, -0.2) is 0 Å². The molecule has 0 aromatic heterocycles. The van der Waals surface area contributed by atoms with Crippen molar-refractivity contribution in [2.24, 2.45) is 5.92 Å². The van der Waals surface area contributed by atoms with E-state index in [0.717, 1.165) is 38.2 Å². The standard InChI is InChI=1S/C12H24BrNO2/c1-10(2)9-15-5-4-14-7-11(3)16-12(6-13)8-14/h10-12H,4-9H2,1-3H3. The second kappa shape index (κ2) is 7.64. The number of morpholine rings is 1. The molecule has 0 saturated carbocycles. The van der Waals surface area contributed by atoms with E-state index in [1.807, 2.05) is 0 Å². The molecule has 1 fully saturated rings. The van der Waals surface area contributed by atoms with Crippen molar-refractivity contribution in [2.45, 2.75) is 33.0 Å². The van der Waals surface area contributed by atoms with E-state index in [-0.39, 0.29) is 0 Å². The van der Waals surface area contributed by atoms with Crippen LogP contribution in [0, 0.1) is 5.92 Å². The topological polar surface area (TPSA) is 21.7 Å². The zero-order chi connectivity index (χ0) is 12.0. The molecule has 2 atom stereocenters. The number of alkyl halides is 1. The van der Waals surface area contributed by atoms with Gasteiger partial charge in [-0.3, -0.25) is 4.90 Å². The van der Waals surface area contributed by atoms with Crippen molar-refractivity contribution in [3.8, 4) is 0 Å². The van der Waals surface area contributed by atoms with Gasteiger partial charge >= 0.3 is 0 Å². The predicted octanol–water partition coefficient (Wildman–Crippen LogP) is 2.14. The second-order valence-corrected chi connectivity index (χ2v) is 5.60. The van der Waals surface area contributed by atoms with Gasteiger partial charge in [0.05, 0.1) is 18.8 Å². The maximum atomic E-state index is 5.78. The Balaban J connectivity index is 2.15. The van der Waals surface area contributed by atoms with Crippen LogP contribution in [0.15, 0.2) is 0 Å². The minimum Gasteiger partial charge on any atom is -0.380 e. The van der Waals surface area contributed by atoms with E-state index in [2.05, 4.69) is 41.6 Å². The lowest BCUT2D eigenvalue weighted by atomic mass is 10.2. The second-order valence-electron chi connectivity index (χ2n) is 4.95. The van der Waals surface area contributed by atoms with Gasteiger partial charge in [-0.05, 0) is 12.8 Å². The molecule has 0 amide bonds. The Kier molecular flexibility index (Phi) is 6.89. The largest absolute Gasteiger partial charge is 0.380 e. The van der Waals surface area contributed by atoms with Crippen LogP contribution in [0.2, 0.25) is 0 Å². The highest BCUT2D eigenvalue weighted by Crippen LogP contribution is 2.12. The van der Waals surface area contributed by atoms with Crippen molar-refractivity contribution in [1.82, 2.24) is 4.90 Å². The van der Waals surface area contributed by atoms with Gasteiger partial charge in [0.1, 0.15) is 0 Å². The number of halogens is 1. The monoisotopic (exact) mass is 293 g/mol. The molecule has 0 radical (unpaired) electrons. The average molecular weight is 294 g/mol. The summed E-state index contributed by atoms with van der Waals surface area (Å²) in [6.07, 6.45) is 0.662. The Labute approximate surface area is 108 Å². The zero-order valence-corrected chi connectivity index (χ0v) is 12.2. The quantitative estimate of drug-likeness (QED) is 0.553. The first-order valence-corrected chi connectivity index (χ1v) is 7.25. The van der Waals surface area contributed by atoms with E-state index in [4.69, 9.17) is 9.47 Å². The normalized spacial score (nSPS) is 27.6. The number of ether oxygens (including phenoxy) is 2. The SMILES string of the molecule is CC(C)COCCN1CC(C)OC(CBr)C1. The fourth-order valence-electron chi connectivity index (χ4n) is 1.92. The van der Waals surface area contributed by atoms with Crippen LogP contribution in [0.25, 0.3) is 0 Å². The lowest BCUT2D eigenvalue weighted by molar-refractivity contribution is -0.0709. The van der Waals surface area contributed by atoms with Crippen molar-refractivity contribution in [2.75, 3.05) is 38.2 Å². The third-order valence-electron chi connectivity index (χ3n) is 2.58. The summed E-state index contributed by atoms with van der Waals surface area (Å²) in [6.45, 7) is 11.2. The number of hydrogen-bond donors (Lipinski definition) is 0. The van der Waals surface area contributed by atoms with Crippen molar-refractivity contribution >= 4 is 15.9 Å². The highest BCUT2D eigenvalue weighted by molar-refractivity contribution is 9.09. The Morgan fingerprint density at radius 2 is 2.19 bits per heavy atom. The molecule has 1 rings (SSSR count). The minimum absolute atomic E-state index is 0.328. The molecule has 1 heterocycles. The fraction of sp³-hybridized carbons (Fsp3) is 1.00. The molecule has 0 aliphatic carbocycles. The molecule has 1 aliphatic rings. The van der Waals surface area contributed by atoms with Crippen LogP contribution >= 0.6 is 15.9 Å². The Bertz CT molecular complexity index is 190. The summed E-state index contributed by atoms with van der Waals surface area (Å²) in [4.78, 5) is 2.43. The van der Waals surface area contributed by atoms with E-state index in [1.165, 1.54) is 0 Å². The maximum absolute atomic E-state index is 5.78. The number of nitrogens with zero attached hydrogens (tertiary/aromatic N) is 1. The molecule has 2 unspecified atom stereocenters. The first-order valence-electron chi connectivity index (χ1n) is 6.13. The van der Waals surface area contributed by atoms with Crippen LogP contribution < -0.4 is 0 Å². The predicted molar refractivity (Wildman–Crippen MR) is 70.2 cm³/mol. The molecule has 3 nitrogen and oxygen atoms in total. The summed E-state index contributed by atoms with van der Waals surface area (Å²) >= 11 is 3.48. The summed E-state index contributed by atoms with van der Waals surface area (Å²) < 4.78 is 11.4. The molecule has 0 aromatic rings. The summed E-state index contributed by atoms with van der Waals surface area (Å²) in [5.41, 5.74) is 0. The summed E-state index contributed by atoms with van der Waals surface area (Å²) in [5, 5.41) is 0.917. The van der Waals surface area contributed by atoms with E-state index in [0.29, 0.717) is 18.1 Å². The molecule has 1 aliphatic heterocycles. The molecule has 4 heteroatoms. The molecule has 0 spiro atoms. The van der Waals surface area contributed by atoms with E-state index < -0.39 is 0 Å². The van der Waals surface area contributed by atoms with E-state index in [9.17, 15) is 0 Å². The minimum atomic E-state index is 0.328. The maximum Gasteiger partial charge on any atom is 0.0802 e. The van der Waals surface area contributed by atoms with Gasteiger partial charge in [0, 0.05) is 31.6 Å². The lowest BCUT2D eigenvalue weighted by Gasteiger charge is -2.36. The molecule has 0 bridgehead atoms. The lowest BCUT2D eigenvalue weighted by Crippen LogP contribution is -2.48. The van der Waals surface area contributed by atoms with Crippen LogP contribution in [0.3, 0.4) is 0 Å². The van der Waals surface area contributed by atoms with Crippen LogP contribution in [-0.2, 0) is 9.47 Å². The Hall–Kier alpha value is 0.360. The number of hydrogen-bond acceptors (Lipinski definition) is 3. The highest BCUT2D eigenvalue weighted by Gasteiger charge is 2.23. The third-order valence-corrected chi connectivity index (χ3v) is 3.30. The molecule has 16 heavy (non-hydrogen) atoms. The number of rotatable bonds is 6. The molecule has 0 aromatic carbocycles. The molecule has 96 valence electrons. The van der Waals surface area contributed by atoms with Crippen molar-refractivity contribution in [1.29, 1.82) is 0 Å². The highest BCUT2D eigenvalue weighted by atomic mass is 79.9. The van der Waals surface area contributed by atoms with Gasteiger partial charge in [-0.15, -0.1) is 0 Å². The summed E-state index contributed by atoms with van der Waals surface area (Å²) in [5.74, 6) is 0.624. The zero-order valence-electron chi connectivity index (χ0n) is 10.6. The van der Waals surface area contributed by atoms with Gasteiger partial charge < -0.3 is 9.47 Å². The Morgan fingerprint density at radius 1 is 1.44 bits per heavy atom. The van der Waals surface area contributed by atoms with E-state index in [1.54, 1.807) is 0 Å². The van der Waals surface area contributed by atoms with Crippen LogP contribution in [-0.4, -0.2) is 55.3 Å². The smallest absolute Gasteiger partial charge is 0.0802 e. The van der Waals surface area contributed by atoms with Crippen LogP contribution in [0.5, 0.6) is 0 Å². The molecular weight excluding hydrogens is 270 g/mol. The van der Waals surface area contributed by atoms with Crippen molar-refractivity contribution < 1.29 is 9.47 Å². The van der Waals surface area contributed by atoms with Crippen LogP contribution in [0.4, 0.5) is 0 Å². The first-order chi connectivity index (χ1) is 7.61. The Morgan fingerprint density at radius 3 is 2.81 bits per heavy atom. The van der Waals surface area contributed by atoms with Gasteiger partial charge in [0.2, 0.25) is 0 Å². The van der Waals surface area contributed by atoms with Crippen LogP contribution in [0.1, 0.15) is 20.8 Å². The van der Waals surface area contributed by atoms with Gasteiger partial charge in [-0.1, -0.05) is 29.8 Å². The average Bonchev–Trinajstić information content (AvgIpc) is 2.23. The van der Waals surface area contributed by atoms with Gasteiger partial charge in [0.25, 0.3) is 0 Å². The summed E-state index contributed by atoms with van der Waals surface area (Å²) in [7, 11) is 0. The van der Waals surface area contributed by atoms with E-state index >= 15 is 0 Å². The molecule has 1 saturated heterocycles. The van der Waals surface area contributed by atoms with Crippen molar-refractivity contribution in [3.63, 3.8) is 0 Å². The van der Waals surface area contributed by atoms with Gasteiger partial charge in [0.15, 0.2) is 0 Å². The third kappa shape index (κ3) is 5.62. The van der Waals surface area contributed by atoms with Gasteiger partial charge in [-0.2, -0.15) is 0 Å². The molecular formula is C12H24BrNO2. The van der Waals surface area contributed by atoms with Crippen molar-refractivity contribution in [3.05, 3.63) is 0 Å². The summed E-state index contributed by atoms with van der Waals surface area (Å²) in [6, 6.07) is 0. The first kappa shape index (κ1) is 14.4. The molecule has 0 N–H and O–H groups in total.